The van der Waals surface area contributed by atoms with E-state index in [4.69, 9.17) is 0 Å². The quantitative estimate of drug-likeness (QED) is 0.706. The van der Waals surface area contributed by atoms with Crippen molar-refractivity contribution in [1.29, 1.82) is 0 Å². The third kappa shape index (κ3) is 5.12. The van der Waals surface area contributed by atoms with Gasteiger partial charge in [0.1, 0.15) is 0 Å². The Balaban J connectivity index is 2.20. The number of rotatable bonds is 7. The van der Waals surface area contributed by atoms with E-state index in [1.807, 2.05) is 11.8 Å². The second-order valence-electron chi connectivity index (χ2n) is 3.53. The predicted octanol–water partition coefficient (Wildman–Crippen LogP) is 3.80. The number of aryl methyl sites for hydroxylation is 1. The molecule has 0 saturated heterocycles. The summed E-state index contributed by atoms with van der Waals surface area (Å²) >= 11 is 2.01. The van der Waals surface area contributed by atoms with Crippen molar-refractivity contribution in [3.05, 3.63) is 29.8 Å². The zero-order valence-electron chi connectivity index (χ0n) is 9.75. The number of benzene rings is 1. The first-order chi connectivity index (χ1) is 7.36. The fourth-order valence-electron chi connectivity index (χ4n) is 1.41. The molecule has 1 nitrogen and oxygen atoms in total. The number of hydrogen-bond acceptors (Lipinski definition) is 2. The lowest BCUT2D eigenvalue weighted by molar-refractivity contribution is 0.991. The van der Waals surface area contributed by atoms with Crippen molar-refractivity contribution in [3.63, 3.8) is 0 Å². The number of hydrogen-bond donors (Lipinski definition) is 1. The standard InChI is InChI=1S/C13H21NS/c1-3-12-6-8-13(9-7-12)14-10-5-11-15-4-2/h6-9,14H,3-5,10-11H2,1-2H3. The van der Waals surface area contributed by atoms with Crippen molar-refractivity contribution in [2.45, 2.75) is 26.7 Å². The molecule has 1 aromatic carbocycles. The van der Waals surface area contributed by atoms with Gasteiger partial charge in [-0.15, -0.1) is 0 Å². The van der Waals surface area contributed by atoms with E-state index in [2.05, 4.69) is 43.4 Å². The molecule has 15 heavy (non-hydrogen) atoms. The molecular weight excluding hydrogens is 202 g/mol. The lowest BCUT2D eigenvalue weighted by Crippen LogP contribution is -2.02. The third-order valence-corrected chi connectivity index (χ3v) is 3.35. The van der Waals surface area contributed by atoms with E-state index >= 15 is 0 Å². The Morgan fingerprint density at radius 2 is 1.87 bits per heavy atom. The molecule has 0 aliphatic heterocycles. The van der Waals surface area contributed by atoms with Crippen molar-refractivity contribution in [1.82, 2.24) is 0 Å². The minimum absolute atomic E-state index is 1.08. The van der Waals surface area contributed by atoms with Crippen molar-refractivity contribution >= 4 is 17.4 Å². The number of nitrogens with one attached hydrogen (secondary N) is 1. The van der Waals surface area contributed by atoms with Crippen molar-refractivity contribution < 1.29 is 0 Å². The summed E-state index contributed by atoms with van der Waals surface area (Å²) in [6.07, 6.45) is 2.36. The van der Waals surface area contributed by atoms with Crippen LogP contribution >= 0.6 is 11.8 Å². The van der Waals surface area contributed by atoms with Crippen LogP contribution in [0.3, 0.4) is 0 Å². The van der Waals surface area contributed by atoms with Crippen molar-refractivity contribution in [2.24, 2.45) is 0 Å². The molecule has 0 atom stereocenters. The molecular formula is C13H21NS. The van der Waals surface area contributed by atoms with Gasteiger partial charge in [0.2, 0.25) is 0 Å². The van der Waals surface area contributed by atoms with E-state index in [-0.39, 0.29) is 0 Å². The van der Waals surface area contributed by atoms with Crippen LogP contribution in [0.1, 0.15) is 25.8 Å². The number of anilines is 1. The average molecular weight is 223 g/mol. The Kier molecular flexibility index (Phi) is 6.33. The highest BCUT2D eigenvalue weighted by molar-refractivity contribution is 7.99. The second kappa shape index (κ2) is 7.63. The van der Waals surface area contributed by atoms with Crippen molar-refractivity contribution in [3.8, 4) is 0 Å². The Labute approximate surface area is 97.7 Å². The fraction of sp³-hybridized carbons (Fsp3) is 0.538. The van der Waals surface area contributed by atoms with E-state index < -0.39 is 0 Å². The van der Waals surface area contributed by atoms with Gasteiger partial charge in [0.05, 0.1) is 0 Å². The normalized spacial score (nSPS) is 10.3. The van der Waals surface area contributed by atoms with E-state index in [0.717, 1.165) is 13.0 Å². The average Bonchev–Trinajstić information content (AvgIpc) is 2.30. The molecule has 0 unspecified atom stereocenters. The smallest absolute Gasteiger partial charge is 0.0340 e. The maximum absolute atomic E-state index is 3.44. The van der Waals surface area contributed by atoms with Gasteiger partial charge >= 0.3 is 0 Å². The van der Waals surface area contributed by atoms with E-state index in [1.54, 1.807) is 0 Å². The van der Waals surface area contributed by atoms with Crippen LogP contribution in [0.25, 0.3) is 0 Å². The van der Waals surface area contributed by atoms with Gasteiger partial charge in [-0.05, 0) is 42.0 Å². The van der Waals surface area contributed by atoms with Crippen LogP contribution in [-0.2, 0) is 6.42 Å². The monoisotopic (exact) mass is 223 g/mol. The molecule has 0 aromatic heterocycles. The minimum Gasteiger partial charge on any atom is -0.385 e. The zero-order valence-corrected chi connectivity index (χ0v) is 10.6. The van der Waals surface area contributed by atoms with Crippen LogP contribution in [0.2, 0.25) is 0 Å². The molecule has 0 bridgehead atoms. The molecule has 0 aliphatic rings. The van der Waals surface area contributed by atoms with Crippen LogP contribution < -0.4 is 5.32 Å². The molecule has 0 fully saturated rings. The maximum atomic E-state index is 3.44. The molecule has 1 rings (SSSR count). The van der Waals surface area contributed by atoms with Gasteiger partial charge in [-0.1, -0.05) is 26.0 Å². The van der Waals surface area contributed by atoms with Gasteiger partial charge in [-0.25, -0.2) is 0 Å². The van der Waals surface area contributed by atoms with Crippen LogP contribution in [0.15, 0.2) is 24.3 Å². The van der Waals surface area contributed by atoms with Crippen LogP contribution in [0, 0.1) is 0 Å². The predicted molar refractivity (Wildman–Crippen MR) is 71.9 cm³/mol. The summed E-state index contributed by atoms with van der Waals surface area (Å²) in [6.45, 7) is 5.48. The van der Waals surface area contributed by atoms with Crippen molar-refractivity contribution in [2.75, 3.05) is 23.4 Å². The molecule has 0 amide bonds. The highest BCUT2D eigenvalue weighted by Crippen LogP contribution is 2.10. The van der Waals surface area contributed by atoms with Gasteiger partial charge in [-0.3, -0.25) is 0 Å². The van der Waals surface area contributed by atoms with Gasteiger partial charge in [0, 0.05) is 12.2 Å². The van der Waals surface area contributed by atoms with E-state index in [1.165, 1.54) is 29.2 Å². The van der Waals surface area contributed by atoms with Crippen LogP contribution in [0.5, 0.6) is 0 Å². The Hall–Kier alpha value is -0.630. The zero-order chi connectivity index (χ0) is 10.9. The van der Waals surface area contributed by atoms with Crippen LogP contribution in [0.4, 0.5) is 5.69 Å². The van der Waals surface area contributed by atoms with Gasteiger partial charge in [0.15, 0.2) is 0 Å². The Morgan fingerprint density at radius 1 is 1.13 bits per heavy atom. The highest BCUT2D eigenvalue weighted by atomic mass is 32.2. The molecule has 0 spiro atoms. The molecule has 0 radical (unpaired) electrons. The summed E-state index contributed by atoms with van der Waals surface area (Å²) in [4.78, 5) is 0. The molecule has 0 heterocycles. The molecule has 0 aliphatic carbocycles. The first kappa shape index (κ1) is 12.4. The summed E-state index contributed by atoms with van der Waals surface area (Å²) in [5.41, 5.74) is 2.65. The van der Waals surface area contributed by atoms with Gasteiger partial charge in [-0.2, -0.15) is 11.8 Å². The summed E-state index contributed by atoms with van der Waals surface area (Å²) < 4.78 is 0. The van der Waals surface area contributed by atoms with E-state index in [0.29, 0.717) is 0 Å². The summed E-state index contributed by atoms with van der Waals surface area (Å²) in [6, 6.07) is 8.74. The topological polar surface area (TPSA) is 12.0 Å². The maximum Gasteiger partial charge on any atom is 0.0340 e. The second-order valence-corrected chi connectivity index (χ2v) is 4.92. The minimum atomic E-state index is 1.08. The molecule has 2 heteroatoms. The van der Waals surface area contributed by atoms with E-state index in [9.17, 15) is 0 Å². The Bertz CT molecular complexity index is 256. The molecule has 1 aromatic rings. The number of thioether (sulfide) groups is 1. The third-order valence-electron chi connectivity index (χ3n) is 2.36. The highest BCUT2D eigenvalue weighted by Gasteiger charge is 1.92. The first-order valence-corrected chi connectivity index (χ1v) is 6.92. The summed E-state index contributed by atoms with van der Waals surface area (Å²) in [5, 5.41) is 3.44. The lowest BCUT2D eigenvalue weighted by Gasteiger charge is -2.06. The Morgan fingerprint density at radius 3 is 2.47 bits per heavy atom. The lowest BCUT2D eigenvalue weighted by atomic mass is 10.1. The fourth-order valence-corrected chi connectivity index (χ4v) is 2.05. The van der Waals surface area contributed by atoms with Crippen LogP contribution in [-0.4, -0.2) is 18.1 Å². The molecule has 0 saturated carbocycles. The van der Waals surface area contributed by atoms with Gasteiger partial charge < -0.3 is 5.32 Å². The molecule has 84 valence electrons. The molecule has 1 N–H and O–H groups in total. The largest absolute Gasteiger partial charge is 0.385 e. The van der Waals surface area contributed by atoms with Gasteiger partial charge in [0.25, 0.3) is 0 Å². The summed E-state index contributed by atoms with van der Waals surface area (Å²) in [7, 11) is 0. The summed E-state index contributed by atoms with van der Waals surface area (Å²) in [5.74, 6) is 2.49. The first-order valence-electron chi connectivity index (χ1n) is 5.77. The SMILES string of the molecule is CCSCCCNc1ccc(CC)cc1.